The van der Waals surface area contributed by atoms with Crippen LogP contribution in [0.25, 0.3) is 0 Å². The normalized spacial score (nSPS) is 12.0. The van der Waals surface area contributed by atoms with E-state index in [1.165, 1.54) is 49.4 Å². The molecule has 0 aliphatic rings. The number of nitrogens with zero attached hydrogens (tertiary/aromatic N) is 1. The fourth-order valence-corrected chi connectivity index (χ4v) is 3.49. The Morgan fingerprint density at radius 1 is 1.15 bits per heavy atom. The minimum Gasteiger partial charge on any atom is -0.484 e. The van der Waals surface area contributed by atoms with E-state index < -0.39 is 27.7 Å². The van der Waals surface area contributed by atoms with Crippen LogP contribution in [0, 0.1) is 17.0 Å². The third-order valence-electron chi connectivity index (χ3n) is 3.53. The molecule has 2 rings (SSSR count). The molecule has 0 bridgehead atoms. The van der Waals surface area contributed by atoms with Gasteiger partial charge in [-0.15, -0.1) is 0 Å². The molecule has 146 valence electrons. The molecule has 11 heteroatoms. The monoisotopic (exact) mass is 404 g/mol. The number of nitrogens with one attached hydrogen (secondary N) is 1. The van der Waals surface area contributed by atoms with Crippen LogP contribution in [0.3, 0.4) is 0 Å². The second kappa shape index (κ2) is 7.92. The van der Waals surface area contributed by atoms with Crippen molar-refractivity contribution in [3.05, 3.63) is 63.7 Å². The van der Waals surface area contributed by atoms with Crippen molar-refractivity contribution in [2.75, 3.05) is 6.61 Å². The van der Waals surface area contributed by atoms with E-state index in [1.54, 1.807) is 0 Å². The number of alkyl halides is 3. The van der Waals surface area contributed by atoms with Crippen LogP contribution in [-0.2, 0) is 16.6 Å². The van der Waals surface area contributed by atoms with Gasteiger partial charge in [0, 0.05) is 18.2 Å². The Hall–Kier alpha value is -2.66. The predicted octanol–water partition coefficient (Wildman–Crippen LogP) is 3.32. The maximum Gasteiger partial charge on any atom is 0.422 e. The van der Waals surface area contributed by atoms with Gasteiger partial charge in [-0.25, -0.2) is 13.1 Å². The molecule has 27 heavy (non-hydrogen) atoms. The molecule has 0 atom stereocenters. The molecule has 0 saturated heterocycles. The molecule has 0 unspecified atom stereocenters. The fraction of sp³-hybridized carbons (Fsp3) is 0.250. The lowest BCUT2D eigenvalue weighted by atomic mass is 10.2. The highest BCUT2D eigenvalue weighted by Crippen LogP contribution is 2.25. The summed E-state index contributed by atoms with van der Waals surface area (Å²) in [5, 5.41) is 10.9. The highest BCUT2D eigenvalue weighted by molar-refractivity contribution is 7.89. The van der Waals surface area contributed by atoms with E-state index in [4.69, 9.17) is 0 Å². The van der Waals surface area contributed by atoms with Crippen molar-refractivity contribution in [2.45, 2.75) is 24.5 Å². The van der Waals surface area contributed by atoms with Crippen molar-refractivity contribution < 1.29 is 31.2 Å². The number of nitro groups is 1. The van der Waals surface area contributed by atoms with E-state index in [0.29, 0.717) is 5.56 Å². The predicted molar refractivity (Wildman–Crippen MR) is 89.9 cm³/mol. The minimum atomic E-state index is -4.45. The molecule has 1 N–H and O–H groups in total. The zero-order chi connectivity index (χ0) is 20.2. The van der Waals surface area contributed by atoms with E-state index in [9.17, 15) is 31.7 Å². The van der Waals surface area contributed by atoms with E-state index in [-0.39, 0.29) is 28.4 Å². The lowest BCUT2D eigenvalue weighted by Gasteiger charge is -2.11. The number of benzene rings is 2. The average molecular weight is 404 g/mol. The second-order valence-electron chi connectivity index (χ2n) is 5.53. The van der Waals surface area contributed by atoms with Crippen LogP contribution in [0.4, 0.5) is 18.9 Å². The van der Waals surface area contributed by atoms with E-state index in [0.717, 1.165) is 0 Å². The molecule has 2 aromatic rings. The Kier molecular flexibility index (Phi) is 6.06. The van der Waals surface area contributed by atoms with Gasteiger partial charge >= 0.3 is 6.18 Å². The van der Waals surface area contributed by atoms with Crippen LogP contribution >= 0.6 is 0 Å². The number of hydrogen-bond donors (Lipinski definition) is 1. The lowest BCUT2D eigenvalue weighted by molar-refractivity contribution is -0.385. The maximum atomic E-state index is 12.4. The SMILES string of the molecule is Cc1c([N+](=O)[O-])cccc1S(=O)(=O)NCc1ccc(OCC(F)(F)F)cc1. The quantitative estimate of drug-likeness (QED) is 0.564. The molecular formula is C16H15F3N2O5S. The van der Waals surface area contributed by atoms with Gasteiger partial charge in [-0.3, -0.25) is 10.1 Å². The third-order valence-corrected chi connectivity index (χ3v) is 5.08. The summed E-state index contributed by atoms with van der Waals surface area (Å²) in [6.07, 6.45) is -4.45. The van der Waals surface area contributed by atoms with Gasteiger partial charge in [-0.05, 0) is 30.7 Å². The first-order chi connectivity index (χ1) is 12.5. The summed E-state index contributed by atoms with van der Waals surface area (Å²) in [5.41, 5.74) is 0.163. The molecule has 0 aliphatic heterocycles. The van der Waals surface area contributed by atoms with Gasteiger partial charge in [0.15, 0.2) is 6.61 Å². The van der Waals surface area contributed by atoms with Gasteiger partial charge in [0.1, 0.15) is 5.75 Å². The van der Waals surface area contributed by atoms with Crippen molar-refractivity contribution in [1.82, 2.24) is 4.72 Å². The minimum absolute atomic E-state index is 0.00546. The Labute approximate surface area is 153 Å². The fourth-order valence-electron chi connectivity index (χ4n) is 2.22. The van der Waals surface area contributed by atoms with Crippen LogP contribution in [-0.4, -0.2) is 26.1 Å². The van der Waals surface area contributed by atoms with Crippen molar-refractivity contribution in [2.24, 2.45) is 0 Å². The molecule has 0 heterocycles. The molecule has 0 radical (unpaired) electrons. The summed E-state index contributed by atoms with van der Waals surface area (Å²) in [6.45, 7) is -0.242. The molecule has 0 fully saturated rings. The third kappa shape index (κ3) is 5.66. The van der Waals surface area contributed by atoms with Crippen LogP contribution in [0.15, 0.2) is 47.4 Å². The van der Waals surface area contributed by atoms with Crippen LogP contribution in [0.2, 0.25) is 0 Å². The Balaban J connectivity index is 2.08. The molecular weight excluding hydrogens is 389 g/mol. The van der Waals surface area contributed by atoms with Crippen LogP contribution < -0.4 is 9.46 Å². The zero-order valence-corrected chi connectivity index (χ0v) is 14.8. The summed E-state index contributed by atoms with van der Waals surface area (Å²) >= 11 is 0. The Morgan fingerprint density at radius 3 is 2.33 bits per heavy atom. The summed E-state index contributed by atoms with van der Waals surface area (Å²) in [5.74, 6) is -0.00605. The first-order valence-corrected chi connectivity index (χ1v) is 9.00. The summed E-state index contributed by atoms with van der Waals surface area (Å²) in [6, 6.07) is 9.12. The Bertz CT molecular complexity index is 928. The van der Waals surface area contributed by atoms with Gasteiger partial charge in [-0.2, -0.15) is 13.2 Å². The molecule has 7 nitrogen and oxygen atoms in total. The number of nitro benzene ring substituents is 1. The van der Waals surface area contributed by atoms with Gasteiger partial charge in [0.05, 0.1) is 9.82 Å². The van der Waals surface area contributed by atoms with Gasteiger partial charge in [0.2, 0.25) is 10.0 Å². The van der Waals surface area contributed by atoms with Gasteiger partial charge in [-0.1, -0.05) is 18.2 Å². The second-order valence-corrected chi connectivity index (χ2v) is 7.27. The molecule has 0 aliphatic carbocycles. The molecule has 0 spiro atoms. The van der Waals surface area contributed by atoms with E-state index in [2.05, 4.69) is 9.46 Å². The zero-order valence-electron chi connectivity index (χ0n) is 14.0. The summed E-state index contributed by atoms with van der Waals surface area (Å²) in [7, 11) is -4.02. The molecule has 0 aromatic heterocycles. The van der Waals surface area contributed by atoms with Crippen molar-refractivity contribution in [1.29, 1.82) is 0 Å². The maximum absolute atomic E-state index is 12.4. The van der Waals surface area contributed by atoms with Crippen molar-refractivity contribution in [3.63, 3.8) is 0 Å². The van der Waals surface area contributed by atoms with E-state index >= 15 is 0 Å². The highest BCUT2D eigenvalue weighted by Gasteiger charge is 2.28. The molecule has 2 aromatic carbocycles. The largest absolute Gasteiger partial charge is 0.484 e. The number of hydrogen-bond acceptors (Lipinski definition) is 5. The number of sulfonamides is 1. The highest BCUT2D eigenvalue weighted by atomic mass is 32.2. The van der Waals surface area contributed by atoms with Crippen molar-refractivity contribution in [3.8, 4) is 5.75 Å². The first-order valence-electron chi connectivity index (χ1n) is 7.52. The summed E-state index contributed by atoms with van der Waals surface area (Å²) in [4.78, 5) is 10.0. The van der Waals surface area contributed by atoms with E-state index in [1.807, 2.05) is 0 Å². The average Bonchev–Trinajstić information content (AvgIpc) is 2.58. The first kappa shape index (κ1) is 20.6. The Morgan fingerprint density at radius 2 is 1.78 bits per heavy atom. The van der Waals surface area contributed by atoms with Gasteiger partial charge < -0.3 is 4.74 Å². The topological polar surface area (TPSA) is 98.5 Å². The number of ether oxygens (including phenoxy) is 1. The van der Waals surface area contributed by atoms with Gasteiger partial charge in [0.25, 0.3) is 5.69 Å². The van der Waals surface area contributed by atoms with Crippen LogP contribution in [0.5, 0.6) is 5.75 Å². The number of halogens is 3. The van der Waals surface area contributed by atoms with Crippen molar-refractivity contribution >= 4 is 15.7 Å². The molecule has 0 saturated carbocycles. The number of rotatable bonds is 7. The standard InChI is InChI=1S/C16H15F3N2O5S/c1-11-14(21(22)23)3-2-4-15(11)27(24,25)20-9-12-5-7-13(8-6-12)26-10-16(17,18)19/h2-8,20H,9-10H2,1H3. The lowest BCUT2D eigenvalue weighted by Crippen LogP contribution is -2.24. The van der Waals surface area contributed by atoms with Crippen LogP contribution in [0.1, 0.15) is 11.1 Å². The smallest absolute Gasteiger partial charge is 0.422 e. The molecule has 0 amide bonds. The summed E-state index contributed by atoms with van der Waals surface area (Å²) < 4.78 is 68.0.